The monoisotopic (exact) mass is 563 g/mol. The fourth-order valence-electron chi connectivity index (χ4n) is 3.89. The summed E-state index contributed by atoms with van der Waals surface area (Å²) in [7, 11) is -2.09. The van der Waals surface area contributed by atoms with Gasteiger partial charge in [0, 0.05) is 10.6 Å². The first-order valence-electron chi connectivity index (χ1n) is 12.2. The summed E-state index contributed by atoms with van der Waals surface area (Å²) in [6, 6.07) is 9.51. The zero-order valence-corrected chi connectivity index (χ0v) is 24.2. The highest BCUT2D eigenvalue weighted by Gasteiger charge is 2.43. The molecule has 1 fully saturated rings. The maximum absolute atomic E-state index is 15.8. The van der Waals surface area contributed by atoms with Crippen molar-refractivity contribution in [2.75, 3.05) is 24.2 Å². The van der Waals surface area contributed by atoms with Crippen molar-refractivity contribution in [3.8, 4) is 0 Å². The number of carboxylic acid groups (broad SMARTS) is 1. The number of hydrogen-bond donors (Lipinski definition) is 4. The molecule has 5 N–H and O–H groups in total. The van der Waals surface area contributed by atoms with E-state index >= 15 is 4.39 Å². The Bertz CT molecular complexity index is 1270. The Morgan fingerprint density at radius 3 is 2.63 bits per heavy atom. The molecule has 9 nitrogen and oxygen atoms in total. The van der Waals surface area contributed by atoms with Crippen LogP contribution in [0, 0.1) is 5.82 Å². The van der Waals surface area contributed by atoms with Gasteiger partial charge in [0.1, 0.15) is 0 Å². The molecular formula is C26H35ClFN5O4Si. The number of aliphatic imine (C=N–C) groups is 1. The molecule has 0 radical (unpaired) electrons. The van der Waals surface area contributed by atoms with Gasteiger partial charge in [-0.1, -0.05) is 44.5 Å². The van der Waals surface area contributed by atoms with Crippen LogP contribution in [0.2, 0.25) is 23.2 Å². The van der Waals surface area contributed by atoms with Crippen LogP contribution in [-0.2, 0) is 14.8 Å². The van der Waals surface area contributed by atoms with Crippen molar-refractivity contribution in [1.82, 2.24) is 10.2 Å². The average Bonchev–Trinajstić information content (AvgIpc) is 2.78. The first kappa shape index (κ1) is 29.4. The molecule has 3 rings (SSSR count). The molecule has 1 heterocycles. The van der Waals surface area contributed by atoms with E-state index in [1.165, 1.54) is 17.0 Å². The Morgan fingerprint density at radius 2 is 2.00 bits per heavy atom. The summed E-state index contributed by atoms with van der Waals surface area (Å²) in [5.74, 6) is -1.20. The lowest BCUT2D eigenvalue weighted by Gasteiger charge is -2.42. The number of carbonyl (C=O) groups excluding carboxylic acids is 1. The topological polar surface area (TPSA) is 129 Å². The fourth-order valence-corrected chi connectivity index (χ4v) is 5.10. The third kappa shape index (κ3) is 6.45. The van der Waals surface area contributed by atoms with Crippen molar-refractivity contribution in [3.05, 3.63) is 52.8 Å². The Kier molecular flexibility index (Phi) is 8.44. The van der Waals surface area contributed by atoms with Crippen LogP contribution in [0.3, 0.4) is 0 Å². The Morgan fingerprint density at radius 1 is 1.32 bits per heavy atom. The van der Waals surface area contributed by atoms with Crippen LogP contribution in [0.1, 0.15) is 39.7 Å². The molecule has 206 valence electrons. The summed E-state index contributed by atoms with van der Waals surface area (Å²) < 4.78 is 22.0. The Labute approximate surface area is 228 Å². The molecule has 1 atom stereocenters. The van der Waals surface area contributed by atoms with Crippen molar-refractivity contribution in [3.63, 3.8) is 0 Å². The molecule has 2 amide bonds. The number of nitrogens with zero attached hydrogens (tertiary/aromatic N) is 2. The molecule has 38 heavy (non-hydrogen) atoms. The molecule has 2 aromatic carbocycles. The van der Waals surface area contributed by atoms with Gasteiger partial charge in [0.15, 0.2) is 14.1 Å². The van der Waals surface area contributed by atoms with E-state index in [-0.39, 0.29) is 41.8 Å². The summed E-state index contributed by atoms with van der Waals surface area (Å²) in [6.07, 6.45) is -1.61. The minimum atomic E-state index is -2.09. The first-order chi connectivity index (χ1) is 17.5. The summed E-state index contributed by atoms with van der Waals surface area (Å²) in [4.78, 5) is 29.7. The molecule has 0 aliphatic carbocycles. The quantitative estimate of drug-likeness (QED) is 0.244. The van der Waals surface area contributed by atoms with Gasteiger partial charge >= 0.3 is 6.09 Å². The van der Waals surface area contributed by atoms with Crippen LogP contribution < -0.4 is 16.4 Å². The van der Waals surface area contributed by atoms with Crippen LogP contribution in [0.25, 0.3) is 0 Å². The lowest BCUT2D eigenvalue weighted by Crippen LogP contribution is -2.61. The molecule has 0 aromatic heterocycles. The van der Waals surface area contributed by atoms with Gasteiger partial charge in [-0.3, -0.25) is 9.69 Å². The highest BCUT2D eigenvalue weighted by molar-refractivity contribution is 6.74. The van der Waals surface area contributed by atoms with Crippen molar-refractivity contribution in [2.45, 2.75) is 57.8 Å². The number of carbonyl (C=O) groups is 2. The molecule has 2 aromatic rings. The molecular weight excluding hydrogens is 529 g/mol. The zero-order chi connectivity index (χ0) is 28.5. The number of halogens is 2. The number of amides is 2. The van der Waals surface area contributed by atoms with Crippen LogP contribution >= 0.6 is 11.6 Å². The average molecular weight is 564 g/mol. The molecule has 0 unspecified atom stereocenters. The number of nitrogens with one attached hydrogen (secondary N) is 2. The normalized spacial score (nSPS) is 19.4. The number of hydrogen-bond acceptors (Lipinski definition) is 5. The van der Waals surface area contributed by atoms with E-state index in [0.717, 1.165) is 0 Å². The van der Waals surface area contributed by atoms with Gasteiger partial charge in [0.25, 0.3) is 0 Å². The molecule has 0 saturated carbocycles. The van der Waals surface area contributed by atoms with E-state index in [0.29, 0.717) is 16.4 Å². The van der Waals surface area contributed by atoms with Crippen molar-refractivity contribution in [1.29, 1.82) is 0 Å². The molecule has 12 heteroatoms. The third-order valence-corrected chi connectivity index (χ3v) is 11.9. The van der Waals surface area contributed by atoms with Gasteiger partial charge in [-0.25, -0.2) is 9.18 Å². The van der Waals surface area contributed by atoms with E-state index in [4.69, 9.17) is 21.8 Å². The Hall–Kier alpha value is -3.15. The van der Waals surface area contributed by atoms with Crippen LogP contribution in [0.15, 0.2) is 41.4 Å². The highest BCUT2D eigenvalue weighted by atomic mass is 35.5. The molecule has 1 aliphatic heterocycles. The minimum absolute atomic E-state index is 0.0277. The van der Waals surface area contributed by atoms with Crippen molar-refractivity contribution in [2.24, 2.45) is 4.99 Å². The number of nitrogen functional groups attached to an aromatic ring is 1. The lowest BCUT2D eigenvalue weighted by molar-refractivity contribution is -0.130. The van der Waals surface area contributed by atoms with E-state index in [1.54, 1.807) is 31.2 Å². The predicted octanol–water partition coefficient (Wildman–Crippen LogP) is 5.90. The van der Waals surface area contributed by atoms with Crippen LogP contribution in [-0.4, -0.2) is 49.4 Å². The number of benzene rings is 2. The zero-order valence-electron chi connectivity index (χ0n) is 22.5. The second kappa shape index (κ2) is 10.9. The van der Waals surface area contributed by atoms with Crippen molar-refractivity contribution >= 4 is 54.9 Å². The van der Waals surface area contributed by atoms with E-state index in [1.807, 2.05) is 0 Å². The van der Waals surface area contributed by atoms with Crippen molar-refractivity contribution < 1.29 is 23.5 Å². The number of anilines is 3. The third-order valence-electron chi connectivity index (χ3n) is 7.11. The molecule has 1 saturated heterocycles. The second-order valence-corrected chi connectivity index (χ2v) is 16.3. The maximum Gasteiger partial charge on any atom is 0.434 e. The lowest BCUT2D eigenvalue weighted by atomic mass is 9.85. The molecule has 0 bridgehead atoms. The Balaban J connectivity index is 1.88. The summed E-state index contributed by atoms with van der Waals surface area (Å²) in [5, 5.41) is 15.7. The second-order valence-electron chi connectivity index (χ2n) is 11.0. The largest absolute Gasteiger partial charge is 0.463 e. The molecule has 1 aliphatic rings. The van der Waals surface area contributed by atoms with Gasteiger partial charge in [-0.05, 0) is 49.3 Å². The van der Waals surface area contributed by atoms with Crippen LogP contribution in [0.4, 0.5) is 26.2 Å². The smallest absolute Gasteiger partial charge is 0.434 e. The SMILES string of the molecule is CC(C)(C)[Si](C)(C)OCCN1C(=O)C[C@@](C)(c2cccc(Nc3cc(Cl)ccc3N)c2F)N/C1=N/C(=O)O. The first-order valence-corrected chi connectivity index (χ1v) is 15.5. The summed E-state index contributed by atoms with van der Waals surface area (Å²) in [5.41, 5.74) is 5.80. The maximum atomic E-state index is 15.8. The number of nitrogens with two attached hydrogens (primary N) is 1. The summed E-state index contributed by atoms with van der Waals surface area (Å²) >= 11 is 6.06. The van der Waals surface area contributed by atoms with Crippen LogP contribution in [0.5, 0.6) is 0 Å². The highest BCUT2D eigenvalue weighted by Crippen LogP contribution is 2.37. The summed E-state index contributed by atoms with van der Waals surface area (Å²) in [6.45, 7) is 12.4. The fraction of sp³-hybridized carbons (Fsp3) is 0.423. The molecule has 0 spiro atoms. The van der Waals surface area contributed by atoms with E-state index < -0.39 is 31.7 Å². The van der Waals surface area contributed by atoms with Gasteiger partial charge in [0.2, 0.25) is 11.9 Å². The number of rotatable bonds is 7. The minimum Gasteiger partial charge on any atom is -0.463 e. The van der Waals surface area contributed by atoms with E-state index in [2.05, 4.69) is 49.5 Å². The standard InChI is InChI=1S/C26H35ClFN5O4Si/c1-25(2,3)38(5,6)37-13-12-33-21(34)15-26(4,32-23(33)31-24(35)36)17-8-7-9-19(22(17)28)30-20-14-16(27)10-11-18(20)29/h7-11,14,30H,12-13,15,29H2,1-6H3,(H,31,32)(H,35,36)/t26-/m0/s1. The number of guanidine groups is 1. The van der Waals surface area contributed by atoms with E-state index in [9.17, 15) is 14.7 Å². The van der Waals surface area contributed by atoms with Gasteiger partial charge in [-0.2, -0.15) is 0 Å². The van der Waals surface area contributed by atoms with Gasteiger partial charge in [0.05, 0.1) is 42.2 Å². The van der Waals surface area contributed by atoms with Gasteiger partial charge in [-0.15, -0.1) is 4.99 Å². The predicted molar refractivity (Wildman–Crippen MR) is 151 cm³/mol. The van der Waals surface area contributed by atoms with Gasteiger partial charge < -0.3 is 25.9 Å².